The van der Waals surface area contributed by atoms with E-state index in [0.717, 1.165) is 19.4 Å². The summed E-state index contributed by atoms with van der Waals surface area (Å²) < 4.78 is 5.38. The van der Waals surface area contributed by atoms with Gasteiger partial charge < -0.3 is 15.2 Å². The van der Waals surface area contributed by atoms with Crippen LogP contribution in [0.25, 0.3) is 0 Å². The van der Waals surface area contributed by atoms with Crippen LogP contribution in [0.5, 0.6) is 0 Å². The molecule has 1 aliphatic rings. The van der Waals surface area contributed by atoms with Crippen LogP contribution in [0.15, 0.2) is 11.4 Å². The molecule has 1 fully saturated rings. The van der Waals surface area contributed by atoms with E-state index in [4.69, 9.17) is 4.74 Å². The SMILES string of the molecule is Cc1cc([C@H](C)NCC(C)(C)C2(O)CCOCC2)cs1. The maximum absolute atomic E-state index is 10.9. The smallest absolute Gasteiger partial charge is 0.0754 e. The highest BCUT2D eigenvalue weighted by atomic mass is 32.1. The maximum Gasteiger partial charge on any atom is 0.0754 e. The van der Waals surface area contributed by atoms with Crippen LogP contribution >= 0.6 is 11.3 Å². The molecule has 1 aromatic rings. The zero-order valence-corrected chi connectivity index (χ0v) is 13.8. The average Bonchev–Trinajstić information content (AvgIpc) is 2.83. The molecule has 1 atom stereocenters. The van der Waals surface area contributed by atoms with Gasteiger partial charge in [-0.05, 0) is 30.9 Å². The zero-order valence-electron chi connectivity index (χ0n) is 13.0. The summed E-state index contributed by atoms with van der Waals surface area (Å²) >= 11 is 1.79. The molecule has 0 aromatic carbocycles. The fourth-order valence-corrected chi connectivity index (χ4v) is 3.57. The second-order valence-electron chi connectivity index (χ2n) is 6.62. The summed E-state index contributed by atoms with van der Waals surface area (Å²) in [4.78, 5) is 1.34. The predicted octanol–water partition coefficient (Wildman–Crippen LogP) is 3.27. The first kappa shape index (κ1) is 16.0. The molecule has 2 heterocycles. The van der Waals surface area contributed by atoms with Crippen LogP contribution in [0, 0.1) is 12.3 Å². The Kier molecular flexibility index (Phi) is 4.90. The van der Waals surface area contributed by atoms with Crippen molar-refractivity contribution < 1.29 is 9.84 Å². The summed E-state index contributed by atoms with van der Waals surface area (Å²) in [5.41, 5.74) is 0.556. The van der Waals surface area contributed by atoms with Gasteiger partial charge in [0.15, 0.2) is 0 Å². The van der Waals surface area contributed by atoms with Gasteiger partial charge in [-0.15, -0.1) is 11.3 Å². The molecule has 3 nitrogen and oxygen atoms in total. The summed E-state index contributed by atoms with van der Waals surface area (Å²) in [6.45, 7) is 10.8. The molecule has 0 spiro atoms. The number of nitrogens with one attached hydrogen (secondary N) is 1. The van der Waals surface area contributed by atoms with Crippen LogP contribution in [0.2, 0.25) is 0 Å². The van der Waals surface area contributed by atoms with Gasteiger partial charge in [0, 0.05) is 48.9 Å². The second-order valence-corrected chi connectivity index (χ2v) is 7.74. The molecule has 1 saturated heterocycles. The summed E-state index contributed by atoms with van der Waals surface area (Å²) in [5.74, 6) is 0. The van der Waals surface area contributed by atoms with Gasteiger partial charge in [0.1, 0.15) is 0 Å². The normalized spacial score (nSPS) is 20.9. The lowest BCUT2D eigenvalue weighted by atomic mass is 9.70. The number of aryl methyl sites for hydroxylation is 1. The fraction of sp³-hybridized carbons (Fsp3) is 0.750. The molecule has 1 aromatic heterocycles. The lowest BCUT2D eigenvalue weighted by Gasteiger charge is -2.45. The Labute approximate surface area is 126 Å². The second kappa shape index (κ2) is 6.14. The molecule has 0 radical (unpaired) electrons. The zero-order chi connectivity index (χ0) is 14.8. The Morgan fingerprint density at radius 3 is 2.65 bits per heavy atom. The molecule has 0 amide bonds. The molecule has 2 N–H and O–H groups in total. The van der Waals surface area contributed by atoms with Gasteiger partial charge in [0.05, 0.1) is 5.60 Å². The largest absolute Gasteiger partial charge is 0.389 e. The van der Waals surface area contributed by atoms with Gasteiger partial charge in [-0.1, -0.05) is 13.8 Å². The summed E-state index contributed by atoms with van der Waals surface area (Å²) in [6.07, 6.45) is 1.46. The molecular formula is C16H27NO2S. The van der Waals surface area contributed by atoms with Crippen molar-refractivity contribution in [3.8, 4) is 0 Å². The van der Waals surface area contributed by atoms with E-state index in [1.54, 1.807) is 11.3 Å². The van der Waals surface area contributed by atoms with E-state index in [2.05, 4.69) is 44.5 Å². The molecule has 20 heavy (non-hydrogen) atoms. The Morgan fingerprint density at radius 1 is 1.45 bits per heavy atom. The first-order chi connectivity index (χ1) is 9.34. The average molecular weight is 297 g/mol. The third-order valence-corrected chi connectivity index (χ3v) is 5.56. The van der Waals surface area contributed by atoms with Crippen molar-refractivity contribution in [1.29, 1.82) is 0 Å². The van der Waals surface area contributed by atoms with Gasteiger partial charge >= 0.3 is 0 Å². The maximum atomic E-state index is 10.9. The number of hydrogen-bond acceptors (Lipinski definition) is 4. The van der Waals surface area contributed by atoms with Crippen LogP contribution < -0.4 is 5.32 Å². The first-order valence-corrected chi connectivity index (χ1v) is 8.31. The number of thiophene rings is 1. The van der Waals surface area contributed by atoms with Crippen LogP contribution in [0.4, 0.5) is 0 Å². The van der Waals surface area contributed by atoms with Crippen molar-refractivity contribution in [2.45, 2.75) is 52.2 Å². The standard InChI is InChI=1S/C16H27NO2S/c1-12-9-14(10-20-12)13(2)17-11-15(3,4)16(18)5-7-19-8-6-16/h9-10,13,17-18H,5-8,11H2,1-4H3/t13-/m0/s1. The first-order valence-electron chi connectivity index (χ1n) is 7.43. The predicted molar refractivity (Wildman–Crippen MR) is 84.3 cm³/mol. The van der Waals surface area contributed by atoms with Crippen molar-refractivity contribution >= 4 is 11.3 Å². The Morgan fingerprint density at radius 2 is 2.10 bits per heavy atom. The van der Waals surface area contributed by atoms with Gasteiger partial charge in [0.25, 0.3) is 0 Å². The van der Waals surface area contributed by atoms with E-state index in [0.29, 0.717) is 19.3 Å². The van der Waals surface area contributed by atoms with Crippen molar-refractivity contribution in [2.75, 3.05) is 19.8 Å². The third kappa shape index (κ3) is 3.42. The lowest BCUT2D eigenvalue weighted by molar-refractivity contribution is -0.131. The topological polar surface area (TPSA) is 41.5 Å². The van der Waals surface area contributed by atoms with Gasteiger partial charge in [-0.2, -0.15) is 0 Å². The molecule has 4 heteroatoms. The Balaban J connectivity index is 1.94. The molecule has 1 aliphatic heterocycles. The van der Waals surface area contributed by atoms with Crippen LogP contribution in [0.3, 0.4) is 0 Å². The Hall–Kier alpha value is -0.420. The Bertz CT molecular complexity index is 435. The van der Waals surface area contributed by atoms with Crippen LogP contribution in [-0.4, -0.2) is 30.5 Å². The number of hydrogen-bond donors (Lipinski definition) is 2. The van der Waals surface area contributed by atoms with E-state index in [1.165, 1.54) is 10.4 Å². The highest BCUT2D eigenvalue weighted by Crippen LogP contribution is 2.38. The van der Waals surface area contributed by atoms with E-state index < -0.39 is 5.60 Å². The van der Waals surface area contributed by atoms with Crippen LogP contribution in [0.1, 0.15) is 50.1 Å². The number of rotatable bonds is 5. The quantitative estimate of drug-likeness (QED) is 0.876. The minimum atomic E-state index is -0.622. The minimum Gasteiger partial charge on any atom is -0.389 e. The lowest BCUT2D eigenvalue weighted by Crippen LogP contribution is -2.53. The van der Waals surface area contributed by atoms with E-state index in [1.807, 2.05) is 0 Å². The molecule has 0 aliphatic carbocycles. The van der Waals surface area contributed by atoms with E-state index in [9.17, 15) is 5.11 Å². The van der Waals surface area contributed by atoms with Crippen LogP contribution in [-0.2, 0) is 4.74 Å². The van der Waals surface area contributed by atoms with E-state index in [-0.39, 0.29) is 5.41 Å². The van der Waals surface area contributed by atoms with Crippen molar-refractivity contribution in [3.63, 3.8) is 0 Å². The van der Waals surface area contributed by atoms with E-state index >= 15 is 0 Å². The number of ether oxygens (including phenoxy) is 1. The summed E-state index contributed by atoms with van der Waals surface area (Å²) in [5, 5.41) is 16.7. The van der Waals surface area contributed by atoms with Crippen molar-refractivity contribution in [3.05, 3.63) is 21.9 Å². The highest BCUT2D eigenvalue weighted by molar-refractivity contribution is 7.10. The fourth-order valence-electron chi connectivity index (χ4n) is 2.77. The number of aliphatic hydroxyl groups is 1. The van der Waals surface area contributed by atoms with Crippen molar-refractivity contribution in [2.24, 2.45) is 5.41 Å². The molecule has 2 rings (SSSR count). The molecule has 114 valence electrons. The molecule has 0 bridgehead atoms. The molecule has 0 unspecified atom stereocenters. The highest BCUT2D eigenvalue weighted by Gasteiger charge is 2.44. The third-order valence-electron chi connectivity index (χ3n) is 4.68. The van der Waals surface area contributed by atoms with Crippen molar-refractivity contribution in [1.82, 2.24) is 5.32 Å². The van der Waals surface area contributed by atoms with Gasteiger partial charge in [-0.25, -0.2) is 0 Å². The van der Waals surface area contributed by atoms with Gasteiger partial charge in [-0.3, -0.25) is 0 Å². The monoisotopic (exact) mass is 297 g/mol. The summed E-state index contributed by atoms with van der Waals surface area (Å²) in [6, 6.07) is 2.56. The minimum absolute atomic E-state index is 0.157. The molecular weight excluding hydrogens is 270 g/mol. The molecule has 0 saturated carbocycles. The summed E-state index contributed by atoms with van der Waals surface area (Å²) in [7, 11) is 0. The van der Waals surface area contributed by atoms with Gasteiger partial charge in [0.2, 0.25) is 0 Å².